The van der Waals surface area contributed by atoms with E-state index < -0.39 is 23.9 Å². The number of carbonyl (C=O) groups excluding carboxylic acids is 3. The predicted molar refractivity (Wildman–Crippen MR) is 144 cm³/mol. The minimum Gasteiger partial charge on any atom is -0.496 e. The molecule has 4 atom stereocenters. The van der Waals surface area contributed by atoms with Gasteiger partial charge in [0.15, 0.2) is 5.78 Å². The molecule has 36 heavy (non-hydrogen) atoms. The first-order valence-corrected chi connectivity index (χ1v) is 13.1. The second-order valence-electron chi connectivity index (χ2n) is 9.01. The van der Waals surface area contributed by atoms with E-state index in [1.54, 1.807) is 49.6 Å². The summed E-state index contributed by atoms with van der Waals surface area (Å²) in [5.41, 5.74) is 2.75. The Bertz CT molecular complexity index is 1450. The van der Waals surface area contributed by atoms with Crippen LogP contribution < -0.4 is 14.5 Å². The van der Waals surface area contributed by atoms with E-state index in [1.165, 1.54) is 4.90 Å². The summed E-state index contributed by atoms with van der Waals surface area (Å²) in [6.45, 7) is 0. The van der Waals surface area contributed by atoms with Gasteiger partial charge in [0.05, 0.1) is 35.1 Å². The second-order valence-corrected chi connectivity index (χ2v) is 10.8. The zero-order valence-electron chi connectivity index (χ0n) is 19.1. The molecule has 0 aliphatic carbocycles. The first-order chi connectivity index (χ1) is 17.4. The van der Waals surface area contributed by atoms with E-state index >= 15 is 0 Å². The van der Waals surface area contributed by atoms with Gasteiger partial charge in [-0.3, -0.25) is 14.4 Å². The zero-order valence-corrected chi connectivity index (χ0v) is 22.3. The highest BCUT2D eigenvalue weighted by molar-refractivity contribution is 9.10. The van der Waals surface area contributed by atoms with Crippen LogP contribution >= 0.6 is 31.9 Å². The Morgan fingerprint density at radius 1 is 0.917 bits per heavy atom. The predicted octanol–water partition coefficient (Wildman–Crippen LogP) is 5.49. The SMILES string of the molecule is COc1ccc(C(=O)[C@H]2[C@H]3C(=O)N(c4ccc(Br)cc4)C(=O)[C@H]3[C@@H]3C=Cc4ccccc4N32)cc1Br. The van der Waals surface area contributed by atoms with Gasteiger partial charge in [0.2, 0.25) is 11.8 Å². The van der Waals surface area contributed by atoms with E-state index in [1.807, 2.05) is 41.3 Å². The third-order valence-electron chi connectivity index (χ3n) is 7.20. The van der Waals surface area contributed by atoms with Crippen molar-refractivity contribution in [2.24, 2.45) is 11.8 Å². The van der Waals surface area contributed by atoms with Crippen molar-refractivity contribution in [2.45, 2.75) is 12.1 Å². The molecule has 6 nitrogen and oxygen atoms in total. The molecule has 2 fully saturated rings. The second kappa shape index (κ2) is 8.71. The molecule has 2 amide bonds. The maximum Gasteiger partial charge on any atom is 0.240 e. The molecule has 8 heteroatoms. The number of hydrogen-bond donors (Lipinski definition) is 0. The smallest absolute Gasteiger partial charge is 0.240 e. The van der Waals surface area contributed by atoms with Crippen LogP contribution in [-0.4, -0.2) is 36.8 Å². The summed E-state index contributed by atoms with van der Waals surface area (Å²) in [5.74, 6) is -1.71. The fourth-order valence-corrected chi connectivity index (χ4v) is 6.45. The summed E-state index contributed by atoms with van der Waals surface area (Å²) >= 11 is 6.87. The molecule has 2 saturated heterocycles. The number of imide groups is 1. The molecule has 3 aliphatic rings. The number of Topliss-reactive ketones (excluding diaryl/α,β-unsaturated/α-hetero) is 1. The molecule has 0 bridgehead atoms. The number of anilines is 2. The number of methoxy groups -OCH3 is 1. The lowest BCUT2D eigenvalue weighted by Crippen LogP contribution is -2.48. The van der Waals surface area contributed by atoms with Crippen molar-refractivity contribution in [3.8, 4) is 5.75 Å². The van der Waals surface area contributed by atoms with E-state index in [9.17, 15) is 14.4 Å². The lowest BCUT2D eigenvalue weighted by Gasteiger charge is -2.36. The first kappa shape index (κ1) is 23.2. The number of para-hydroxylation sites is 1. The highest BCUT2D eigenvalue weighted by Crippen LogP contribution is 2.50. The summed E-state index contributed by atoms with van der Waals surface area (Å²) in [5, 5.41) is 0. The number of fused-ring (bicyclic) bond motifs is 5. The van der Waals surface area contributed by atoms with E-state index in [-0.39, 0.29) is 17.6 Å². The van der Waals surface area contributed by atoms with Gasteiger partial charge in [0.1, 0.15) is 11.8 Å². The Balaban J connectivity index is 1.48. The van der Waals surface area contributed by atoms with E-state index in [4.69, 9.17) is 4.74 Å². The lowest BCUT2D eigenvalue weighted by molar-refractivity contribution is -0.122. The fraction of sp³-hybridized carbons (Fsp3) is 0.179. The van der Waals surface area contributed by atoms with Crippen LogP contribution in [0.4, 0.5) is 11.4 Å². The molecule has 0 unspecified atom stereocenters. The number of ketones is 1. The van der Waals surface area contributed by atoms with Crippen molar-refractivity contribution in [2.75, 3.05) is 16.9 Å². The Morgan fingerprint density at radius 3 is 2.36 bits per heavy atom. The topological polar surface area (TPSA) is 66.9 Å². The van der Waals surface area contributed by atoms with Crippen LogP contribution in [0.2, 0.25) is 0 Å². The first-order valence-electron chi connectivity index (χ1n) is 11.5. The van der Waals surface area contributed by atoms with Crippen LogP contribution in [-0.2, 0) is 9.59 Å². The Labute approximate surface area is 224 Å². The fourth-order valence-electron chi connectivity index (χ4n) is 5.65. The Kier molecular flexibility index (Phi) is 5.61. The summed E-state index contributed by atoms with van der Waals surface area (Å²) in [6.07, 6.45) is 3.93. The monoisotopic (exact) mass is 606 g/mol. The van der Waals surface area contributed by atoms with Crippen molar-refractivity contribution in [1.29, 1.82) is 0 Å². The van der Waals surface area contributed by atoms with Gasteiger partial charge in [-0.15, -0.1) is 0 Å². The number of carbonyl (C=O) groups is 3. The summed E-state index contributed by atoms with van der Waals surface area (Å²) in [4.78, 5) is 45.1. The van der Waals surface area contributed by atoms with Crippen molar-refractivity contribution in [3.05, 3.63) is 92.9 Å². The summed E-state index contributed by atoms with van der Waals surface area (Å²) in [7, 11) is 1.56. The number of amides is 2. The minimum absolute atomic E-state index is 0.209. The van der Waals surface area contributed by atoms with Gasteiger partial charge in [-0.1, -0.05) is 46.3 Å². The highest BCUT2D eigenvalue weighted by Gasteiger charge is 2.64. The number of benzene rings is 3. The Hall–Kier alpha value is -3.23. The average Bonchev–Trinajstić information content (AvgIpc) is 3.37. The van der Waals surface area contributed by atoms with E-state index in [0.717, 1.165) is 15.7 Å². The molecular formula is C28H20Br2N2O4. The van der Waals surface area contributed by atoms with Gasteiger partial charge < -0.3 is 9.64 Å². The summed E-state index contributed by atoms with van der Waals surface area (Å²) < 4.78 is 6.82. The van der Waals surface area contributed by atoms with Crippen LogP contribution in [0.3, 0.4) is 0 Å². The molecule has 0 spiro atoms. The van der Waals surface area contributed by atoms with Crippen molar-refractivity contribution >= 4 is 66.9 Å². The Morgan fingerprint density at radius 2 is 1.64 bits per heavy atom. The number of halogens is 2. The van der Waals surface area contributed by atoms with Crippen molar-refractivity contribution in [3.63, 3.8) is 0 Å². The van der Waals surface area contributed by atoms with Crippen LogP contribution in [0.5, 0.6) is 5.75 Å². The normalized spacial score (nSPS) is 24.0. The van der Waals surface area contributed by atoms with E-state index in [2.05, 4.69) is 31.9 Å². The maximum absolute atomic E-state index is 14.1. The van der Waals surface area contributed by atoms with Crippen LogP contribution in [0, 0.1) is 11.8 Å². The van der Waals surface area contributed by atoms with Gasteiger partial charge in [-0.2, -0.15) is 0 Å². The zero-order chi connectivity index (χ0) is 25.1. The maximum atomic E-state index is 14.1. The number of rotatable bonds is 4. The van der Waals surface area contributed by atoms with E-state index in [0.29, 0.717) is 21.5 Å². The number of nitrogens with zero attached hydrogens (tertiary/aromatic N) is 2. The van der Waals surface area contributed by atoms with Gasteiger partial charge in [0.25, 0.3) is 0 Å². The molecule has 0 N–H and O–H groups in total. The van der Waals surface area contributed by atoms with Gasteiger partial charge >= 0.3 is 0 Å². The quantitative estimate of drug-likeness (QED) is 0.290. The molecule has 6 rings (SSSR count). The van der Waals surface area contributed by atoms with Crippen LogP contribution in [0.1, 0.15) is 15.9 Å². The average molecular weight is 608 g/mol. The highest BCUT2D eigenvalue weighted by atomic mass is 79.9. The van der Waals surface area contributed by atoms with Crippen LogP contribution in [0.25, 0.3) is 6.08 Å². The largest absolute Gasteiger partial charge is 0.496 e. The lowest BCUT2D eigenvalue weighted by atomic mass is 9.86. The van der Waals surface area contributed by atoms with Gasteiger partial charge in [-0.25, -0.2) is 4.90 Å². The number of ether oxygens (including phenoxy) is 1. The van der Waals surface area contributed by atoms with Crippen molar-refractivity contribution in [1.82, 2.24) is 0 Å². The molecule has 3 aromatic rings. The third kappa shape index (κ3) is 3.38. The molecular weight excluding hydrogens is 588 g/mol. The molecule has 0 radical (unpaired) electrons. The molecule has 3 aliphatic heterocycles. The van der Waals surface area contributed by atoms with Crippen molar-refractivity contribution < 1.29 is 19.1 Å². The molecule has 0 aromatic heterocycles. The standard InChI is InChI=1S/C28H20Br2N2O4/c1-36-22-13-7-16(14-19(22)30)26(33)25-24-23(21-12-6-15-4-2-3-5-20(15)32(21)25)27(34)31(28(24)35)18-10-8-17(29)9-11-18/h2-14,21,23-25H,1H3/t21-,23-,24-,25+/m0/s1. The summed E-state index contributed by atoms with van der Waals surface area (Å²) in [6, 6.07) is 18.7. The number of hydrogen-bond acceptors (Lipinski definition) is 5. The molecule has 3 heterocycles. The molecule has 180 valence electrons. The van der Waals surface area contributed by atoms with Crippen LogP contribution in [0.15, 0.2) is 81.8 Å². The molecule has 3 aromatic carbocycles. The minimum atomic E-state index is -0.830. The van der Waals surface area contributed by atoms with Gasteiger partial charge in [0, 0.05) is 15.7 Å². The van der Waals surface area contributed by atoms with Gasteiger partial charge in [-0.05, 0) is 70.0 Å². The third-order valence-corrected chi connectivity index (χ3v) is 8.35. The molecule has 0 saturated carbocycles.